The Kier molecular flexibility index (Phi) is 3.73. The highest BCUT2D eigenvalue weighted by Gasteiger charge is 2.29. The summed E-state index contributed by atoms with van der Waals surface area (Å²) in [4.78, 5) is 1.89. The number of nitrogens with two attached hydrogens (primary N) is 1. The third-order valence-electron chi connectivity index (χ3n) is 3.12. The second-order valence-electron chi connectivity index (χ2n) is 4.45. The number of aliphatic hydroxyl groups excluding tert-OH is 2. The quantitative estimate of drug-likeness (QED) is 0.685. The highest BCUT2D eigenvalue weighted by atomic mass is 19.1. The zero-order valence-electron chi connectivity index (χ0n) is 9.51. The van der Waals surface area contributed by atoms with Crippen LogP contribution >= 0.6 is 0 Å². The van der Waals surface area contributed by atoms with E-state index in [1.54, 1.807) is 6.07 Å². The molecule has 1 aromatic carbocycles. The van der Waals surface area contributed by atoms with Gasteiger partial charge in [0, 0.05) is 26.2 Å². The molecule has 0 bridgehead atoms. The Morgan fingerprint density at radius 3 is 2.47 bits per heavy atom. The molecule has 1 aliphatic heterocycles. The topological polar surface area (TPSA) is 69.7 Å². The van der Waals surface area contributed by atoms with E-state index in [0.29, 0.717) is 26.2 Å². The molecule has 2 unspecified atom stereocenters. The van der Waals surface area contributed by atoms with Gasteiger partial charge in [0.2, 0.25) is 0 Å². The van der Waals surface area contributed by atoms with Crippen LogP contribution in [0.2, 0.25) is 0 Å². The van der Waals surface area contributed by atoms with Crippen molar-refractivity contribution in [3.63, 3.8) is 0 Å². The van der Waals surface area contributed by atoms with E-state index in [1.807, 2.05) is 4.90 Å². The summed E-state index contributed by atoms with van der Waals surface area (Å²) >= 11 is 0. The highest BCUT2D eigenvalue weighted by Crippen LogP contribution is 2.17. The van der Waals surface area contributed by atoms with Crippen LogP contribution in [0.5, 0.6) is 0 Å². The molecule has 2 rings (SSSR count). The molecule has 0 radical (unpaired) electrons. The third kappa shape index (κ3) is 2.81. The summed E-state index contributed by atoms with van der Waals surface area (Å²) in [5, 5.41) is 18.9. The summed E-state index contributed by atoms with van der Waals surface area (Å²) in [5.41, 5.74) is 7.29. The van der Waals surface area contributed by atoms with E-state index in [1.165, 1.54) is 12.1 Å². The van der Waals surface area contributed by atoms with Gasteiger partial charge in [0.25, 0.3) is 0 Å². The van der Waals surface area contributed by atoms with Crippen molar-refractivity contribution in [2.24, 2.45) is 5.73 Å². The van der Waals surface area contributed by atoms with Crippen molar-refractivity contribution in [1.82, 2.24) is 4.90 Å². The lowest BCUT2D eigenvalue weighted by Crippen LogP contribution is -2.22. The first-order valence-electron chi connectivity index (χ1n) is 5.66. The van der Waals surface area contributed by atoms with Gasteiger partial charge in [-0.2, -0.15) is 0 Å². The molecule has 94 valence electrons. The molecule has 0 spiro atoms. The van der Waals surface area contributed by atoms with Crippen LogP contribution in [-0.4, -0.2) is 40.4 Å². The molecular weight excluding hydrogens is 223 g/mol. The molecule has 0 saturated carbocycles. The monoisotopic (exact) mass is 240 g/mol. The largest absolute Gasteiger partial charge is 0.389 e. The predicted octanol–water partition coefficient (Wildman–Crippen LogP) is -0.178. The number of halogens is 1. The molecule has 5 heteroatoms. The maximum Gasteiger partial charge on any atom is 0.123 e. The molecule has 1 heterocycles. The Morgan fingerprint density at radius 1 is 1.24 bits per heavy atom. The van der Waals surface area contributed by atoms with Crippen molar-refractivity contribution in [3.8, 4) is 0 Å². The van der Waals surface area contributed by atoms with Gasteiger partial charge in [0.05, 0.1) is 12.2 Å². The number of aliphatic hydroxyl groups is 2. The van der Waals surface area contributed by atoms with E-state index >= 15 is 0 Å². The van der Waals surface area contributed by atoms with E-state index in [2.05, 4.69) is 0 Å². The Labute approximate surface area is 99.5 Å². The van der Waals surface area contributed by atoms with Gasteiger partial charge in [-0.15, -0.1) is 0 Å². The summed E-state index contributed by atoms with van der Waals surface area (Å²) in [6, 6.07) is 4.52. The molecule has 2 atom stereocenters. The van der Waals surface area contributed by atoms with Gasteiger partial charge in [0.1, 0.15) is 5.82 Å². The molecular formula is C12H17FN2O2. The Balaban J connectivity index is 2.10. The third-order valence-corrected chi connectivity index (χ3v) is 3.12. The van der Waals surface area contributed by atoms with Crippen molar-refractivity contribution in [1.29, 1.82) is 0 Å². The molecule has 17 heavy (non-hydrogen) atoms. The average molecular weight is 240 g/mol. The summed E-state index contributed by atoms with van der Waals surface area (Å²) in [7, 11) is 0. The van der Waals surface area contributed by atoms with E-state index in [9.17, 15) is 14.6 Å². The summed E-state index contributed by atoms with van der Waals surface area (Å²) in [5.74, 6) is -0.294. The van der Waals surface area contributed by atoms with Crippen molar-refractivity contribution in [3.05, 3.63) is 35.1 Å². The second kappa shape index (κ2) is 5.10. The van der Waals surface area contributed by atoms with Crippen LogP contribution in [0.4, 0.5) is 4.39 Å². The number of hydrogen-bond acceptors (Lipinski definition) is 4. The fraction of sp³-hybridized carbons (Fsp3) is 0.500. The van der Waals surface area contributed by atoms with Gasteiger partial charge in [-0.3, -0.25) is 4.90 Å². The molecule has 1 fully saturated rings. The Hall–Kier alpha value is -1.01. The molecule has 4 N–H and O–H groups in total. The van der Waals surface area contributed by atoms with Crippen LogP contribution in [-0.2, 0) is 13.1 Å². The number of hydrogen-bond donors (Lipinski definition) is 3. The molecule has 0 aliphatic carbocycles. The van der Waals surface area contributed by atoms with Crippen molar-refractivity contribution in [2.45, 2.75) is 25.3 Å². The zero-order valence-corrected chi connectivity index (χ0v) is 9.51. The van der Waals surface area contributed by atoms with Gasteiger partial charge in [0.15, 0.2) is 0 Å². The minimum atomic E-state index is -0.718. The standard InChI is InChI=1S/C12H17FN2O2/c13-10-2-1-8(4-14)9(3-10)5-15-6-11(16)12(17)7-15/h1-3,11-12,16-17H,4-7,14H2. The number of nitrogens with zero attached hydrogens (tertiary/aromatic N) is 1. The summed E-state index contributed by atoms with van der Waals surface area (Å²) in [6.07, 6.45) is -1.44. The zero-order chi connectivity index (χ0) is 12.4. The molecule has 0 amide bonds. The predicted molar refractivity (Wildman–Crippen MR) is 61.6 cm³/mol. The van der Waals surface area contributed by atoms with Crippen LogP contribution in [0.15, 0.2) is 18.2 Å². The minimum absolute atomic E-state index is 0.294. The van der Waals surface area contributed by atoms with E-state index in [4.69, 9.17) is 5.73 Å². The minimum Gasteiger partial charge on any atom is -0.389 e. The first kappa shape index (κ1) is 12.4. The lowest BCUT2D eigenvalue weighted by molar-refractivity contribution is 0.0572. The molecule has 4 nitrogen and oxygen atoms in total. The maximum atomic E-state index is 13.2. The van der Waals surface area contributed by atoms with Crippen LogP contribution < -0.4 is 5.73 Å². The fourth-order valence-corrected chi connectivity index (χ4v) is 2.16. The molecule has 0 aromatic heterocycles. The van der Waals surface area contributed by atoms with Gasteiger partial charge in [-0.1, -0.05) is 6.07 Å². The normalized spacial score (nSPS) is 25.4. The van der Waals surface area contributed by atoms with Gasteiger partial charge < -0.3 is 15.9 Å². The molecule has 1 aromatic rings. The van der Waals surface area contributed by atoms with Gasteiger partial charge in [-0.05, 0) is 23.3 Å². The van der Waals surface area contributed by atoms with Crippen LogP contribution in [0.1, 0.15) is 11.1 Å². The average Bonchev–Trinajstić information content (AvgIpc) is 2.58. The van der Waals surface area contributed by atoms with Crippen LogP contribution in [0.3, 0.4) is 0 Å². The Morgan fingerprint density at radius 2 is 1.88 bits per heavy atom. The molecule has 1 aliphatic rings. The first-order valence-corrected chi connectivity index (χ1v) is 5.66. The number of β-amino-alcohol motifs (C(OH)–C–C–N with tert-alkyl or cyclic N) is 2. The Bertz CT molecular complexity index is 390. The van der Waals surface area contributed by atoms with E-state index in [-0.39, 0.29) is 5.82 Å². The highest BCUT2D eigenvalue weighted by molar-refractivity contribution is 5.27. The summed E-state index contributed by atoms with van der Waals surface area (Å²) in [6.45, 7) is 1.66. The SMILES string of the molecule is NCc1ccc(F)cc1CN1CC(O)C(O)C1. The first-order chi connectivity index (χ1) is 8.10. The maximum absolute atomic E-state index is 13.2. The van der Waals surface area contributed by atoms with Crippen LogP contribution in [0.25, 0.3) is 0 Å². The lowest BCUT2D eigenvalue weighted by Gasteiger charge is -2.17. The van der Waals surface area contributed by atoms with E-state index in [0.717, 1.165) is 11.1 Å². The smallest absolute Gasteiger partial charge is 0.123 e. The summed E-state index contributed by atoms with van der Waals surface area (Å²) < 4.78 is 13.2. The number of likely N-dealkylation sites (tertiary alicyclic amines) is 1. The number of rotatable bonds is 3. The van der Waals surface area contributed by atoms with Crippen LogP contribution in [0, 0.1) is 5.82 Å². The second-order valence-corrected chi connectivity index (χ2v) is 4.45. The van der Waals surface area contributed by atoms with Crippen molar-refractivity contribution < 1.29 is 14.6 Å². The van der Waals surface area contributed by atoms with Crippen molar-refractivity contribution in [2.75, 3.05) is 13.1 Å². The van der Waals surface area contributed by atoms with Gasteiger partial charge >= 0.3 is 0 Å². The lowest BCUT2D eigenvalue weighted by atomic mass is 10.1. The van der Waals surface area contributed by atoms with Crippen molar-refractivity contribution >= 4 is 0 Å². The number of benzene rings is 1. The molecule has 1 saturated heterocycles. The fourth-order valence-electron chi connectivity index (χ4n) is 2.16. The van der Waals surface area contributed by atoms with E-state index < -0.39 is 12.2 Å². The van der Waals surface area contributed by atoms with Gasteiger partial charge in [-0.25, -0.2) is 4.39 Å².